The maximum absolute atomic E-state index is 13.5. The molecular weight excluding hydrogens is 484 g/mol. The minimum atomic E-state index is -2.60. The fraction of sp³-hybridized carbons (Fsp3) is 0.520. The lowest BCUT2D eigenvalue weighted by Crippen LogP contribution is -2.51. The summed E-state index contributed by atoms with van der Waals surface area (Å²) in [6.45, 7) is 1.49. The van der Waals surface area contributed by atoms with Gasteiger partial charge in [0.2, 0.25) is 0 Å². The molecule has 198 valence electrons. The van der Waals surface area contributed by atoms with Crippen LogP contribution in [-0.2, 0) is 6.54 Å². The number of anilines is 1. The number of halogens is 2. The van der Waals surface area contributed by atoms with Gasteiger partial charge in [0.15, 0.2) is 5.65 Å². The van der Waals surface area contributed by atoms with Crippen LogP contribution < -0.4 is 10.5 Å². The summed E-state index contributed by atoms with van der Waals surface area (Å²) in [5.74, 6) is -2.60. The van der Waals surface area contributed by atoms with Crippen LogP contribution in [0.4, 0.5) is 19.3 Å². The zero-order valence-corrected chi connectivity index (χ0v) is 21.0. The van der Waals surface area contributed by atoms with E-state index in [2.05, 4.69) is 10.1 Å². The standard InChI is InChI=1S/C25H31F2N7O3/c1-30(2)23(36)32-11-7-24(37,8-12-32)16-33-17-28-21-20(22(33)35)15-29-34(21)19-5-3-18(4-6-19)31-13-9-25(26,27)10-14-31/h3-6,15,17,37H,7-14,16H2,1-2H3. The van der Waals surface area contributed by atoms with Crippen molar-refractivity contribution in [2.24, 2.45) is 0 Å². The molecule has 2 aliphatic rings. The summed E-state index contributed by atoms with van der Waals surface area (Å²) < 4.78 is 29.9. The van der Waals surface area contributed by atoms with E-state index in [4.69, 9.17) is 0 Å². The molecule has 0 saturated carbocycles. The number of likely N-dealkylation sites (tertiary alicyclic amines) is 1. The van der Waals surface area contributed by atoms with Gasteiger partial charge < -0.3 is 19.8 Å². The molecule has 1 aromatic carbocycles. The normalized spacial score (nSPS) is 19.3. The molecule has 0 atom stereocenters. The minimum Gasteiger partial charge on any atom is -0.388 e. The van der Waals surface area contributed by atoms with Gasteiger partial charge in [-0.2, -0.15) is 5.10 Å². The van der Waals surface area contributed by atoms with Crippen LogP contribution in [0.25, 0.3) is 16.7 Å². The Kier molecular flexibility index (Phi) is 6.38. The Morgan fingerprint density at radius 3 is 2.27 bits per heavy atom. The number of benzene rings is 1. The van der Waals surface area contributed by atoms with Crippen LogP contribution in [0, 0.1) is 0 Å². The van der Waals surface area contributed by atoms with Crippen LogP contribution >= 0.6 is 0 Å². The molecule has 0 unspecified atom stereocenters. The van der Waals surface area contributed by atoms with E-state index >= 15 is 0 Å². The second kappa shape index (κ2) is 9.40. The summed E-state index contributed by atoms with van der Waals surface area (Å²) in [6.07, 6.45) is 3.28. The highest BCUT2D eigenvalue weighted by molar-refractivity contribution is 5.75. The third-order valence-corrected chi connectivity index (χ3v) is 7.32. The molecule has 4 heterocycles. The van der Waals surface area contributed by atoms with Crippen LogP contribution in [0.1, 0.15) is 25.7 Å². The molecule has 2 saturated heterocycles. The van der Waals surface area contributed by atoms with Crippen molar-refractivity contribution in [2.45, 2.75) is 43.8 Å². The zero-order valence-electron chi connectivity index (χ0n) is 21.0. The van der Waals surface area contributed by atoms with Gasteiger partial charge in [0.25, 0.3) is 11.5 Å². The van der Waals surface area contributed by atoms with E-state index < -0.39 is 11.5 Å². The molecule has 2 aliphatic heterocycles. The van der Waals surface area contributed by atoms with Crippen molar-refractivity contribution in [3.8, 4) is 5.69 Å². The molecule has 37 heavy (non-hydrogen) atoms. The van der Waals surface area contributed by atoms with Gasteiger partial charge in [-0.15, -0.1) is 0 Å². The van der Waals surface area contributed by atoms with Crippen molar-refractivity contribution in [3.63, 3.8) is 0 Å². The zero-order chi connectivity index (χ0) is 26.4. The van der Waals surface area contributed by atoms with Crippen LogP contribution in [-0.4, -0.2) is 92.1 Å². The van der Waals surface area contributed by atoms with Crippen molar-refractivity contribution >= 4 is 22.8 Å². The molecule has 5 rings (SSSR count). The first-order valence-electron chi connectivity index (χ1n) is 12.4. The molecule has 1 N–H and O–H groups in total. The molecule has 0 bridgehead atoms. The van der Waals surface area contributed by atoms with Crippen molar-refractivity contribution in [1.29, 1.82) is 0 Å². The average molecular weight is 516 g/mol. The molecule has 2 fully saturated rings. The number of urea groups is 1. The molecule has 0 aliphatic carbocycles. The van der Waals surface area contributed by atoms with Gasteiger partial charge in [0.1, 0.15) is 11.7 Å². The number of hydrogen-bond donors (Lipinski definition) is 1. The number of carbonyl (C=O) groups is 1. The molecule has 2 amide bonds. The monoisotopic (exact) mass is 515 g/mol. The second-order valence-corrected chi connectivity index (χ2v) is 10.2. The fourth-order valence-corrected chi connectivity index (χ4v) is 5.02. The largest absolute Gasteiger partial charge is 0.388 e. The lowest BCUT2D eigenvalue weighted by molar-refractivity contribution is -0.0283. The van der Waals surface area contributed by atoms with Crippen molar-refractivity contribution in [3.05, 3.63) is 47.1 Å². The van der Waals surface area contributed by atoms with Crippen LogP contribution in [0.15, 0.2) is 41.6 Å². The van der Waals surface area contributed by atoms with Gasteiger partial charge in [-0.1, -0.05) is 0 Å². The van der Waals surface area contributed by atoms with Gasteiger partial charge in [0, 0.05) is 58.8 Å². The number of aromatic nitrogens is 4. The Labute approximate surface area is 212 Å². The van der Waals surface area contributed by atoms with Gasteiger partial charge in [-0.05, 0) is 37.1 Å². The number of fused-ring (bicyclic) bond motifs is 1. The Hall–Kier alpha value is -3.54. The first-order chi connectivity index (χ1) is 17.6. The SMILES string of the molecule is CN(C)C(=O)N1CCC(O)(Cn2cnc3c(cnn3-c3ccc(N4CCC(F)(F)CC4)cc3)c2=O)CC1. The van der Waals surface area contributed by atoms with Crippen LogP contribution in [0.2, 0.25) is 0 Å². The summed E-state index contributed by atoms with van der Waals surface area (Å²) in [5, 5.41) is 15.8. The number of aliphatic hydroxyl groups is 1. The lowest BCUT2D eigenvalue weighted by atomic mass is 9.91. The predicted octanol–water partition coefficient (Wildman–Crippen LogP) is 2.33. The van der Waals surface area contributed by atoms with Crippen molar-refractivity contribution in [2.75, 3.05) is 45.2 Å². The first-order valence-corrected chi connectivity index (χ1v) is 12.4. The number of rotatable bonds is 4. The first kappa shape index (κ1) is 25.1. The number of carbonyl (C=O) groups excluding carboxylic acids is 1. The minimum absolute atomic E-state index is 0.0769. The number of amides is 2. The summed E-state index contributed by atoms with van der Waals surface area (Å²) in [7, 11) is 3.38. The number of piperidine rings is 2. The van der Waals surface area contributed by atoms with Crippen molar-refractivity contribution in [1.82, 2.24) is 29.1 Å². The van der Waals surface area contributed by atoms with Crippen molar-refractivity contribution < 1.29 is 18.7 Å². The second-order valence-electron chi connectivity index (χ2n) is 10.2. The van der Waals surface area contributed by atoms with E-state index in [1.807, 2.05) is 29.2 Å². The van der Waals surface area contributed by atoms with Crippen LogP contribution in [0.3, 0.4) is 0 Å². The van der Waals surface area contributed by atoms with E-state index in [1.54, 1.807) is 23.7 Å². The number of hydrogen-bond acceptors (Lipinski definition) is 6. The highest BCUT2D eigenvalue weighted by atomic mass is 19.3. The lowest BCUT2D eigenvalue weighted by Gasteiger charge is -2.39. The third-order valence-electron chi connectivity index (χ3n) is 7.32. The van der Waals surface area contributed by atoms with Gasteiger partial charge >= 0.3 is 6.03 Å². The highest BCUT2D eigenvalue weighted by Crippen LogP contribution is 2.31. The van der Waals surface area contributed by atoms with Gasteiger partial charge in [0.05, 0.1) is 24.0 Å². The predicted molar refractivity (Wildman–Crippen MR) is 134 cm³/mol. The third kappa shape index (κ3) is 5.02. The topological polar surface area (TPSA) is 99.7 Å². The summed E-state index contributed by atoms with van der Waals surface area (Å²) in [5.41, 5.74) is 0.527. The Balaban J connectivity index is 1.31. The average Bonchev–Trinajstić information content (AvgIpc) is 3.31. The number of nitrogens with zero attached hydrogens (tertiary/aromatic N) is 7. The quantitative estimate of drug-likeness (QED) is 0.573. The Morgan fingerprint density at radius 1 is 1.03 bits per heavy atom. The summed E-state index contributed by atoms with van der Waals surface area (Å²) in [6, 6.07) is 7.27. The molecule has 12 heteroatoms. The highest BCUT2D eigenvalue weighted by Gasteiger charge is 2.36. The van der Waals surface area contributed by atoms with E-state index in [1.165, 1.54) is 22.0 Å². The number of alkyl halides is 2. The van der Waals surface area contributed by atoms with Crippen LogP contribution in [0.5, 0.6) is 0 Å². The molecular formula is C25H31F2N7O3. The molecule has 0 radical (unpaired) electrons. The van der Waals surface area contributed by atoms with Gasteiger partial charge in [-0.25, -0.2) is 23.2 Å². The van der Waals surface area contributed by atoms with E-state index in [0.29, 0.717) is 55.7 Å². The molecule has 0 spiro atoms. The van der Waals surface area contributed by atoms with E-state index in [0.717, 1.165) is 5.69 Å². The van der Waals surface area contributed by atoms with E-state index in [-0.39, 0.29) is 31.0 Å². The Bertz CT molecular complexity index is 1330. The maximum atomic E-state index is 13.5. The van der Waals surface area contributed by atoms with Gasteiger partial charge in [-0.3, -0.25) is 9.36 Å². The summed E-state index contributed by atoms with van der Waals surface area (Å²) >= 11 is 0. The molecule has 10 nitrogen and oxygen atoms in total. The smallest absolute Gasteiger partial charge is 0.319 e. The molecule has 2 aromatic heterocycles. The molecule has 3 aromatic rings. The van der Waals surface area contributed by atoms with E-state index in [9.17, 15) is 23.5 Å². The Morgan fingerprint density at radius 2 is 1.65 bits per heavy atom. The maximum Gasteiger partial charge on any atom is 0.319 e. The fourth-order valence-electron chi connectivity index (χ4n) is 5.02. The summed E-state index contributed by atoms with van der Waals surface area (Å²) in [4.78, 5) is 34.9.